The predicted octanol–water partition coefficient (Wildman–Crippen LogP) is 2.75. The molecule has 0 bridgehead atoms. The highest BCUT2D eigenvalue weighted by Crippen LogP contribution is 2.32. The Hall–Kier alpha value is -1.26. The van der Waals surface area contributed by atoms with Crippen molar-refractivity contribution < 1.29 is 14.2 Å². The van der Waals surface area contributed by atoms with Crippen LogP contribution in [0.15, 0.2) is 18.2 Å². The van der Waals surface area contributed by atoms with Gasteiger partial charge in [0.2, 0.25) is 0 Å². The van der Waals surface area contributed by atoms with E-state index in [0.29, 0.717) is 12.0 Å². The summed E-state index contributed by atoms with van der Waals surface area (Å²) >= 11 is 0. The van der Waals surface area contributed by atoms with Crippen LogP contribution >= 0.6 is 0 Å². The first-order chi connectivity index (χ1) is 10.4. The van der Waals surface area contributed by atoms with Gasteiger partial charge in [0.1, 0.15) is 0 Å². The van der Waals surface area contributed by atoms with Gasteiger partial charge < -0.3 is 19.5 Å². The number of nitrogens with one attached hydrogen (secondary N) is 1. The van der Waals surface area contributed by atoms with E-state index < -0.39 is 0 Å². The highest BCUT2D eigenvalue weighted by atomic mass is 16.5. The highest BCUT2D eigenvalue weighted by molar-refractivity contribution is 5.46. The van der Waals surface area contributed by atoms with Crippen molar-refractivity contribution in [2.45, 2.75) is 38.3 Å². The molecule has 2 aliphatic rings. The van der Waals surface area contributed by atoms with Gasteiger partial charge >= 0.3 is 0 Å². The summed E-state index contributed by atoms with van der Waals surface area (Å²) in [5.74, 6) is 2.32. The van der Waals surface area contributed by atoms with E-state index in [2.05, 4.69) is 11.4 Å². The van der Waals surface area contributed by atoms with E-state index in [-0.39, 0.29) is 0 Å². The summed E-state index contributed by atoms with van der Waals surface area (Å²) < 4.78 is 17.0. The third-order valence-electron chi connectivity index (χ3n) is 4.24. The summed E-state index contributed by atoms with van der Waals surface area (Å²) in [7, 11) is 1.70. The van der Waals surface area contributed by atoms with Gasteiger partial charge in [0.05, 0.1) is 13.7 Å². The number of methoxy groups -OCH3 is 1. The van der Waals surface area contributed by atoms with Crippen LogP contribution in [0.2, 0.25) is 0 Å². The molecular formula is C17H25NO3. The molecule has 0 spiro atoms. The van der Waals surface area contributed by atoms with Crippen LogP contribution in [-0.2, 0) is 11.3 Å². The Labute approximate surface area is 126 Å². The Morgan fingerprint density at radius 2 is 2.00 bits per heavy atom. The van der Waals surface area contributed by atoms with E-state index >= 15 is 0 Å². The Kier molecular flexibility index (Phi) is 4.99. The molecule has 0 aromatic heterocycles. The van der Waals surface area contributed by atoms with Crippen LogP contribution in [0.5, 0.6) is 11.5 Å². The largest absolute Gasteiger partial charge is 0.493 e. The van der Waals surface area contributed by atoms with Gasteiger partial charge in [-0.15, -0.1) is 0 Å². The van der Waals surface area contributed by atoms with Crippen LogP contribution in [-0.4, -0.2) is 33.0 Å². The van der Waals surface area contributed by atoms with Gasteiger partial charge in [-0.05, 0) is 37.7 Å². The average molecular weight is 291 g/mol. The molecule has 116 valence electrons. The molecule has 3 rings (SSSR count). The lowest BCUT2D eigenvalue weighted by molar-refractivity contribution is 0.0492. The number of hydrogen-bond donors (Lipinski definition) is 1. The quantitative estimate of drug-likeness (QED) is 0.838. The summed E-state index contributed by atoms with van der Waals surface area (Å²) in [5.41, 5.74) is 1.19. The van der Waals surface area contributed by atoms with Crippen molar-refractivity contribution >= 4 is 0 Å². The van der Waals surface area contributed by atoms with Crippen molar-refractivity contribution in [2.75, 3.05) is 26.9 Å². The molecule has 4 heteroatoms. The lowest BCUT2D eigenvalue weighted by Gasteiger charge is -2.23. The third kappa shape index (κ3) is 4.11. The molecule has 1 aromatic carbocycles. The smallest absolute Gasteiger partial charge is 0.165 e. The molecule has 4 nitrogen and oxygen atoms in total. The topological polar surface area (TPSA) is 39.7 Å². The monoisotopic (exact) mass is 291 g/mol. The van der Waals surface area contributed by atoms with Gasteiger partial charge in [-0.2, -0.15) is 0 Å². The lowest BCUT2D eigenvalue weighted by atomic mass is 10.0. The maximum absolute atomic E-state index is 6.13. The van der Waals surface area contributed by atoms with Gasteiger partial charge in [0.15, 0.2) is 11.5 Å². The third-order valence-corrected chi connectivity index (χ3v) is 4.24. The van der Waals surface area contributed by atoms with E-state index in [1.807, 2.05) is 12.1 Å². The predicted molar refractivity (Wildman–Crippen MR) is 81.9 cm³/mol. The summed E-state index contributed by atoms with van der Waals surface area (Å²) in [6, 6.07) is 6.82. The number of ether oxygens (including phenoxy) is 3. The molecule has 0 unspecified atom stereocenters. The second-order valence-corrected chi connectivity index (χ2v) is 5.97. The summed E-state index contributed by atoms with van der Waals surface area (Å²) in [4.78, 5) is 0. The minimum atomic E-state index is 0.591. The second kappa shape index (κ2) is 7.14. The van der Waals surface area contributed by atoms with Gasteiger partial charge in [0, 0.05) is 31.4 Å². The number of para-hydroxylation sites is 1. The van der Waals surface area contributed by atoms with Crippen molar-refractivity contribution in [3.8, 4) is 11.5 Å². The Bertz CT molecular complexity index is 453. The molecule has 1 aliphatic carbocycles. The molecule has 1 saturated carbocycles. The van der Waals surface area contributed by atoms with Crippen LogP contribution in [0.25, 0.3) is 0 Å². The maximum atomic E-state index is 6.13. The SMILES string of the molecule is COc1cccc(CNC2CC2)c1OCC1CCOCC1. The first-order valence-corrected chi connectivity index (χ1v) is 7.96. The fraction of sp³-hybridized carbons (Fsp3) is 0.647. The Balaban J connectivity index is 1.64. The fourth-order valence-electron chi connectivity index (χ4n) is 2.68. The molecule has 1 saturated heterocycles. The molecule has 1 aromatic rings. The van der Waals surface area contributed by atoms with Gasteiger partial charge in [-0.3, -0.25) is 0 Å². The molecule has 1 aliphatic heterocycles. The van der Waals surface area contributed by atoms with E-state index in [0.717, 1.165) is 50.7 Å². The molecular weight excluding hydrogens is 266 g/mol. The van der Waals surface area contributed by atoms with E-state index in [9.17, 15) is 0 Å². The Morgan fingerprint density at radius 1 is 1.19 bits per heavy atom. The Morgan fingerprint density at radius 3 is 2.71 bits per heavy atom. The molecule has 21 heavy (non-hydrogen) atoms. The highest BCUT2D eigenvalue weighted by Gasteiger charge is 2.22. The summed E-state index contributed by atoms with van der Waals surface area (Å²) in [5, 5.41) is 3.55. The van der Waals surface area contributed by atoms with Crippen LogP contribution < -0.4 is 14.8 Å². The number of hydrogen-bond acceptors (Lipinski definition) is 4. The minimum Gasteiger partial charge on any atom is -0.493 e. The second-order valence-electron chi connectivity index (χ2n) is 5.97. The molecule has 0 amide bonds. The normalized spacial score (nSPS) is 19.5. The molecule has 0 atom stereocenters. The van der Waals surface area contributed by atoms with Crippen molar-refractivity contribution in [1.82, 2.24) is 5.32 Å². The van der Waals surface area contributed by atoms with E-state index in [1.54, 1.807) is 7.11 Å². The zero-order valence-corrected chi connectivity index (χ0v) is 12.8. The van der Waals surface area contributed by atoms with Crippen molar-refractivity contribution in [2.24, 2.45) is 5.92 Å². The van der Waals surface area contributed by atoms with Crippen molar-refractivity contribution in [3.05, 3.63) is 23.8 Å². The lowest BCUT2D eigenvalue weighted by Crippen LogP contribution is -2.22. The maximum Gasteiger partial charge on any atom is 0.165 e. The van der Waals surface area contributed by atoms with Crippen LogP contribution in [0.3, 0.4) is 0 Å². The summed E-state index contributed by atoms with van der Waals surface area (Å²) in [6.07, 6.45) is 4.76. The average Bonchev–Trinajstić information content (AvgIpc) is 3.36. The van der Waals surface area contributed by atoms with E-state index in [1.165, 1.54) is 18.4 Å². The zero-order chi connectivity index (χ0) is 14.5. The van der Waals surface area contributed by atoms with Gasteiger partial charge in [-0.1, -0.05) is 12.1 Å². The van der Waals surface area contributed by atoms with Crippen molar-refractivity contribution in [3.63, 3.8) is 0 Å². The first kappa shape index (κ1) is 14.7. The standard InChI is InChI=1S/C17H25NO3/c1-19-16-4-2-3-14(11-18-15-5-6-15)17(16)21-12-13-7-9-20-10-8-13/h2-4,13,15,18H,5-12H2,1H3. The first-order valence-electron chi connectivity index (χ1n) is 7.96. The number of rotatable bonds is 7. The van der Waals surface area contributed by atoms with Gasteiger partial charge in [0.25, 0.3) is 0 Å². The molecule has 1 N–H and O–H groups in total. The zero-order valence-electron chi connectivity index (χ0n) is 12.8. The van der Waals surface area contributed by atoms with Crippen LogP contribution in [0.1, 0.15) is 31.2 Å². The minimum absolute atomic E-state index is 0.591. The van der Waals surface area contributed by atoms with Crippen LogP contribution in [0.4, 0.5) is 0 Å². The fourth-order valence-corrected chi connectivity index (χ4v) is 2.68. The van der Waals surface area contributed by atoms with Crippen molar-refractivity contribution in [1.29, 1.82) is 0 Å². The summed E-state index contributed by atoms with van der Waals surface area (Å²) in [6.45, 7) is 3.32. The molecule has 2 fully saturated rings. The van der Waals surface area contributed by atoms with Crippen LogP contribution in [0, 0.1) is 5.92 Å². The number of benzene rings is 1. The van der Waals surface area contributed by atoms with E-state index in [4.69, 9.17) is 14.2 Å². The van der Waals surface area contributed by atoms with Gasteiger partial charge in [-0.25, -0.2) is 0 Å². The molecule has 1 heterocycles. The molecule has 0 radical (unpaired) electrons.